The third-order valence-electron chi connectivity index (χ3n) is 5.71. The van der Waals surface area contributed by atoms with Crippen molar-refractivity contribution in [3.8, 4) is 5.75 Å². The van der Waals surface area contributed by atoms with Crippen LogP contribution in [0.25, 0.3) is 10.9 Å². The quantitative estimate of drug-likeness (QED) is 0.555. The van der Waals surface area contributed by atoms with Crippen molar-refractivity contribution in [3.63, 3.8) is 0 Å². The van der Waals surface area contributed by atoms with E-state index in [1.165, 1.54) is 13.2 Å². The molecule has 0 atom stereocenters. The highest BCUT2D eigenvalue weighted by molar-refractivity contribution is 5.85. The van der Waals surface area contributed by atoms with E-state index < -0.39 is 11.9 Å². The van der Waals surface area contributed by atoms with Crippen LogP contribution in [0.3, 0.4) is 0 Å². The van der Waals surface area contributed by atoms with Gasteiger partial charge in [0.1, 0.15) is 17.7 Å². The highest BCUT2D eigenvalue weighted by Crippen LogP contribution is 2.34. The molecule has 6 nitrogen and oxygen atoms in total. The smallest absolute Gasteiger partial charge is 0.433 e. The average molecular weight is 432 g/mol. The van der Waals surface area contributed by atoms with Crippen molar-refractivity contribution in [1.29, 1.82) is 0 Å². The molecular formula is C22H23F3N4O2. The van der Waals surface area contributed by atoms with Crippen LogP contribution < -0.4 is 10.1 Å². The van der Waals surface area contributed by atoms with Crippen LogP contribution in [-0.4, -0.2) is 28.2 Å². The number of benzene rings is 1. The molecule has 164 valence electrons. The van der Waals surface area contributed by atoms with Crippen LogP contribution in [0.1, 0.15) is 43.1 Å². The standard InChI is InChI=1S/C22H23F3N4O2/c1-31-20-10-18-15(12-29(28-18)17-7-5-14(13-30)6-8-17)9-19(20)26-11-16-3-2-4-21(27-16)22(23,24)25/h2-4,9-10,12-14,17,26H,5-8,11H2,1H3. The summed E-state index contributed by atoms with van der Waals surface area (Å²) in [6.07, 6.45) is 2.06. The summed E-state index contributed by atoms with van der Waals surface area (Å²) in [6, 6.07) is 7.78. The fraction of sp³-hybridized carbons (Fsp3) is 0.409. The Bertz CT molecular complexity index is 1070. The normalized spacial score (nSPS) is 19.4. The molecule has 1 aromatic carbocycles. The molecule has 4 rings (SSSR count). The third-order valence-corrected chi connectivity index (χ3v) is 5.71. The summed E-state index contributed by atoms with van der Waals surface area (Å²) in [7, 11) is 1.53. The minimum Gasteiger partial charge on any atom is -0.495 e. The van der Waals surface area contributed by atoms with Gasteiger partial charge >= 0.3 is 6.18 Å². The molecule has 1 fully saturated rings. The summed E-state index contributed by atoms with van der Waals surface area (Å²) in [6.45, 7) is 0.121. The monoisotopic (exact) mass is 432 g/mol. The van der Waals surface area contributed by atoms with Gasteiger partial charge in [0.05, 0.1) is 36.6 Å². The molecule has 0 saturated heterocycles. The molecule has 1 saturated carbocycles. The lowest BCUT2D eigenvalue weighted by Crippen LogP contribution is -2.19. The molecule has 1 aliphatic carbocycles. The Balaban J connectivity index is 1.53. The molecule has 0 bridgehead atoms. The number of pyridine rings is 1. The molecule has 9 heteroatoms. The molecular weight excluding hydrogens is 409 g/mol. The molecule has 1 N–H and O–H groups in total. The Morgan fingerprint density at radius 1 is 1.23 bits per heavy atom. The van der Waals surface area contributed by atoms with Crippen LogP contribution in [0.5, 0.6) is 5.75 Å². The molecule has 3 aromatic rings. The molecule has 0 spiro atoms. The van der Waals surface area contributed by atoms with E-state index in [4.69, 9.17) is 4.74 Å². The summed E-state index contributed by atoms with van der Waals surface area (Å²) in [5.41, 5.74) is 0.787. The van der Waals surface area contributed by atoms with Gasteiger partial charge in [-0.2, -0.15) is 18.3 Å². The highest BCUT2D eigenvalue weighted by atomic mass is 19.4. The lowest BCUT2D eigenvalue weighted by Gasteiger charge is -2.25. The number of carbonyl (C=O) groups excluding carboxylic acids is 1. The van der Waals surface area contributed by atoms with Crippen LogP contribution in [-0.2, 0) is 17.5 Å². The number of aromatic nitrogens is 3. The highest BCUT2D eigenvalue weighted by Gasteiger charge is 2.32. The lowest BCUT2D eigenvalue weighted by molar-refractivity contribution is -0.141. The molecule has 1 aliphatic rings. The van der Waals surface area contributed by atoms with Crippen LogP contribution in [0.2, 0.25) is 0 Å². The summed E-state index contributed by atoms with van der Waals surface area (Å²) >= 11 is 0. The molecule has 31 heavy (non-hydrogen) atoms. The number of anilines is 1. The second-order valence-electron chi connectivity index (χ2n) is 7.79. The summed E-state index contributed by atoms with van der Waals surface area (Å²) in [4.78, 5) is 14.7. The van der Waals surface area contributed by atoms with Gasteiger partial charge in [0.2, 0.25) is 0 Å². The fourth-order valence-electron chi connectivity index (χ4n) is 3.99. The van der Waals surface area contributed by atoms with Crippen molar-refractivity contribution in [2.75, 3.05) is 12.4 Å². The first-order valence-corrected chi connectivity index (χ1v) is 10.2. The van der Waals surface area contributed by atoms with E-state index in [0.29, 0.717) is 11.4 Å². The molecule has 2 heterocycles. The van der Waals surface area contributed by atoms with Crippen LogP contribution in [0.15, 0.2) is 36.5 Å². The molecule has 0 radical (unpaired) electrons. The van der Waals surface area contributed by atoms with Crippen molar-refractivity contribution in [2.45, 2.75) is 44.4 Å². The number of halogens is 3. The van der Waals surface area contributed by atoms with Crippen LogP contribution >= 0.6 is 0 Å². The third kappa shape index (κ3) is 4.65. The number of nitrogens with one attached hydrogen (secondary N) is 1. The van der Waals surface area contributed by atoms with Gasteiger partial charge in [0.15, 0.2) is 0 Å². The van der Waals surface area contributed by atoms with Crippen molar-refractivity contribution >= 4 is 22.9 Å². The van der Waals surface area contributed by atoms with E-state index in [1.807, 2.05) is 23.0 Å². The number of aldehydes is 1. The minimum atomic E-state index is -4.48. The maximum atomic E-state index is 12.9. The van der Waals surface area contributed by atoms with E-state index in [0.717, 1.165) is 48.9 Å². The number of ether oxygens (including phenoxy) is 1. The Hall–Kier alpha value is -3.10. The predicted molar refractivity (Wildman–Crippen MR) is 110 cm³/mol. The van der Waals surface area contributed by atoms with Gasteiger partial charge in [-0.05, 0) is 43.9 Å². The van der Waals surface area contributed by atoms with Gasteiger partial charge in [-0.3, -0.25) is 4.68 Å². The number of rotatable bonds is 6. The maximum absolute atomic E-state index is 12.9. The van der Waals surface area contributed by atoms with Gasteiger partial charge in [-0.25, -0.2) is 4.98 Å². The first-order chi connectivity index (χ1) is 14.9. The number of nitrogens with zero attached hydrogens (tertiary/aromatic N) is 3. The maximum Gasteiger partial charge on any atom is 0.433 e. The topological polar surface area (TPSA) is 69.0 Å². The number of hydrogen-bond donors (Lipinski definition) is 1. The van der Waals surface area contributed by atoms with E-state index >= 15 is 0 Å². The van der Waals surface area contributed by atoms with Crippen LogP contribution in [0.4, 0.5) is 18.9 Å². The summed E-state index contributed by atoms with van der Waals surface area (Å²) in [5, 5.41) is 8.70. The Morgan fingerprint density at radius 2 is 2.00 bits per heavy atom. The van der Waals surface area contributed by atoms with Crippen molar-refractivity contribution in [1.82, 2.24) is 14.8 Å². The lowest BCUT2D eigenvalue weighted by atomic mass is 9.87. The van der Waals surface area contributed by atoms with Gasteiger partial charge in [0.25, 0.3) is 0 Å². The zero-order valence-corrected chi connectivity index (χ0v) is 17.0. The van der Waals surface area contributed by atoms with Gasteiger partial charge in [-0.15, -0.1) is 0 Å². The largest absolute Gasteiger partial charge is 0.495 e. The van der Waals surface area contributed by atoms with E-state index in [9.17, 15) is 18.0 Å². The summed E-state index contributed by atoms with van der Waals surface area (Å²) < 4.78 is 46.1. The Morgan fingerprint density at radius 3 is 2.68 bits per heavy atom. The SMILES string of the molecule is COc1cc2nn(C3CCC(C=O)CC3)cc2cc1NCc1cccc(C(F)(F)F)n1. The number of methoxy groups -OCH3 is 1. The van der Waals surface area contributed by atoms with E-state index in [1.54, 1.807) is 6.07 Å². The Labute approximate surface area is 177 Å². The molecule has 0 aliphatic heterocycles. The molecule has 2 aromatic heterocycles. The second-order valence-corrected chi connectivity index (χ2v) is 7.79. The van der Waals surface area contributed by atoms with Crippen molar-refractivity contribution < 1.29 is 22.7 Å². The van der Waals surface area contributed by atoms with Crippen molar-refractivity contribution in [3.05, 3.63) is 47.9 Å². The van der Waals surface area contributed by atoms with Crippen molar-refractivity contribution in [2.24, 2.45) is 5.92 Å². The zero-order valence-electron chi connectivity index (χ0n) is 17.0. The van der Waals surface area contributed by atoms with E-state index in [-0.39, 0.29) is 24.2 Å². The fourth-order valence-corrected chi connectivity index (χ4v) is 3.99. The number of carbonyl (C=O) groups is 1. The molecule has 0 unspecified atom stereocenters. The zero-order chi connectivity index (χ0) is 22.0. The van der Waals surface area contributed by atoms with Gasteiger partial charge in [-0.1, -0.05) is 6.07 Å². The summed E-state index contributed by atoms with van der Waals surface area (Å²) in [5.74, 6) is 0.691. The van der Waals surface area contributed by atoms with Crippen LogP contribution in [0, 0.1) is 5.92 Å². The number of alkyl halides is 3. The van der Waals surface area contributed by atoms with E-state index in [2.05, 4.69) is 15.4 Å². The van der Waals surface area contributed by atoms with Gasteiger partial charge < -0.3 is 14.8 Å². The predicted octanol–water partition coefficient (Wildman–Crippen LogP) is 5.00. The minimum absolute atomic E-state index is 0.121. The average Bonchev–Trinajstić information content (AvgIpc) is 3.19. The molecule has 0 amide bonds. The van der Waals surface area contributed by atoms with Gasteiger partial charge in [0, 0.05) is 23.6 Å². The first-order valence-electron chi connectivity index (χ1n) is 10.2. The Kier molecular flexibility index (Phi) is 5.84. The number of hydrogen-bond acceptors (Lipinski definition) is 5. The second kappa shape index (κ2) is 8.56. The first kappa shape index (κ1) is 21.1. The number of fused-ring (bicyclic) bond motifs is 1.